The van der Waals surface area contributed by atoms with Crippen molar-refractivity contribution in [3.05, 3.63) is 36.0 Å². The van der Waals surface area contributed by atoms with E-state index in [4.69, 9.17) is 22.7 Å². The molecule has 0 aliphatic rings. The van der Waals surface area contributed by atoms with E-state index in [1.807, 2.05) is 31.2 Å². The summed E-state index contributed by atoms with van der Waals surface area (Å²) in [7, 11) is 0. The van der Waals surface area contributed by atoms with Crippen LogP contribution in [0.15, 0.2) is 30.5 Å². The number of hydrogen-bond acceptors (Lipinski definition) is 7. The van der Waals surface area contributed by atoms with Crippen LogP contribution in [0.1, 0.15) is 12.5 Å². The SMILES string of the molecule is CCOc1nc(N)nc2ncc(-c3ccc(C=S)cc3)nc12. The molecule has 0 saturated heterocycles. The van der Waals surface area contributed by atoms with Gasteiger partial charge in [0.1, 0.15) is 0 Å². The Morgan fingerprint density at radius 2 is 1.95 bits per heavy atom. The first-order valence-corrected chi connectivity index (χ1v) is 7.17. The molecule has 1 aromatic carbocycles. The summed E-state index contributed by atoms with van der Waals surface area (Å²) in [6.07, 6.45) is 1.65. The standard InChI is InChI=1S/C15H13N5OS/c1-2-21-14-12-13(19-15(16)20-14)17-7-11(18-12)10-5-3-9(8-22)4-6-10/h3-8H,2H2,1H3,(H2,16,17,19,20). The van der Waals surface area contributed by atoms with Crippen molar-refractivity contribution in [3.8, 4) is 17.1 Å². The number of ether oxygens (including phenoxy) is 1. The van der Waals surface area contributed by atoms with Gasteiger partial charge in [-0.25, -0.2) is 9.97 Å². The van der Waals surface area contributed by atoms with Crippen LogP contribution in [0.4, 0.5) is 5.95 Å². The number of anilines is 1. The normalized spacial score (nSPS) is 10.6. The minimum Gasteiger partial charge on any atom is -0.476 e. The van der Waals surface area contributed by atoms with Crippen LogP contribution >= 0.6 is 12.2 Å². The second kappa shape index (κ2) is 5.98. The Balaban J connectivity index is 2.13. The van der Waals surface area contributed by atoms with E-state index in [1.165, 1.54) is 0 Å². The predicted molar refractivity (Wildman–Crippen MR) is 88.9 cm³/mol. The van der Waals surface area contributed by atoms with E-state index in [1.54, 1.807) is 11.6 Å². The molecular weight excluding hydrogens is 298 g/mol. The van der Waals surface area contributed by atoms with Gasteiger partial charge in [-0.3, -0.25) is 0 Å². The number of hydrogen-bond donors (Lipinski definition) is 1. The number of nitrogens with two attached hydrogens (primary N) is 1. The average Bonchev–Trinajstić information content (AvgIpc) is 2.55. The van der Waals surface area contributed by atoms with Crippen LogP contribution in [0.25, 0.3) is 22.4 Å². The van der Waals surface area contributed by atoms with E-state index < -0.39 is 0 Å². The fourth-order valence-electron chi connectivity index (χ4n) is 2.01. The van der Waals surface area contributed by atoms with Crippen LogP contribution in [0.5, 0.6) is 5.88 Å². The molecule has 2 heterocycles. The molecule has 0 radical (unpaired) electrons. The molecule has 0 fully saturated rings. The smallest absolute Gasteiger partial charge is 0.247 e. The summed E-state index contributed by atoms with van der Waals surface area (Å²) < 4.78 is 5.47. The summed E-state index contributed by atoms with van der Waals surface area (Å²) in [4.78, 5) is 17.0. The first-order chi connectivity index (χ1) is 10.7. The summed E-state index contributed by atoms with van der Waals surface area (Å²) in [6, 6.07) is 7.73. The number of benzene rings is 1. The van der Waals surface area contributed by atoms with Crippen molar-refractivity contribution in [1.82, 2.24) is 19.9 Å². The Morgan fingerprint density at radius 3 is 2.64 bits per heavy atom. The molecule has 0 atom stereocenters. The van der Waals surface area contributed by atoms with Crippen molar-refractivity contribution >= 4 is 34.7 Å². The van der Waals surface area contributed by atoms with E-state index in [-0.39, 0.29) is 5.95 Å². The van der Waals surface area contributed by atoms with Gasteiger partial charge < -0.3 is 10.5 Å². The van der Waals surface area contributed by atoms with Crippen molar-refractivity contribution in [2.24, 2.45) is 0 Å². The third-order valence-electron chi connectivity index (χ3n) is 3.02. The quantitative estimate of drug-likeness (QED) is 0.740. The van der Waals surface area contributed by atoms with Crippen LogP contribution in [0.3, 0.4) is 0 Å². The van der Waals surface area contributed by atoms with E-state index in [0.717, 1.165) is 11.1 Å². The summed E-state index contributed by atoms with van der Waals surface area (Å²) in [6.45, 7) is 2.33. The molecule has 7 heteroatoms. The minimum absolute atomic E-state index is 0.114. The van der Waals surface area contributed by atoms with Gasteiger partial charge in [0.25, 0.3) is 0 Å². The molecule has 2 aromatic heterocycles. The maximum absolute atomic E-state index is 5.65. The van der Waals surface area contributed by atoms with Crippen LogP contribution in [0, 0.1) is 0 Å². The third kappa shape index (κ3) is 2.71. The number of rotatable bonds is 4. The van der Waals surface area contributed by atoms with Gasteiger partial charge in [0.2, 0.25) is 11.8 Å². The number of thiocarbonyl (C=S) groups is 1. The summed E-state index contributed by atoms with van der Waals surface area (Å²) >= 11 is 4.90. The molecule has 22 heavy (non-hydrogen) atoms. The zero-order valence-electron chi connectivity index (χ0n) is 11.9. The Bertz CT molecular complexity index is 835. The molecule has 110 valence electrons. The molecule has 0 spiro atoms. The lowest BCUT2D eigenvalue weighted by molar-refractivity contribution is 0.330. The van der Waals surface area contributed by atoms with Gasteiger partial charge in [0.05, 0.1) is 18.5 Å². The highest BCUT2D eigenvalue weighted by Crippen LogP contribution is 2.24. The van der Waals surface area contributed by atoms with E-state index in [0.29, 0.717) is 29.3 Å². The topological polar surface area (TPSA) is 86.8 Å². The van der Waals surface area contributed by atoms with Crippen molar-refractivity contribution < 1.29 is 4.74 Å². The highest BCUT2D eigenvalue weighted by molar-refractivity contribution is 7.79. The fraction of sp³-hybridized carbons (Fsp3) is 0.133. The fourth-order valence-corrected chi connectivity index (χ4v) is 2.16. The summed E-state index contributed by atoms with van der Waals surface area (Å²) in [5, 5.41) is 1.62. The second-order valence-corrected chi connectivity index (χ2v) is 4.72. The van der Waals surface area contributed by atoms with Gasteiger partial charge in [0, 0.05) is 10.9 Å². The molecular formula is C15H13N5OS. The summed E-state index contributed by atoms with van der Waals surface area (Å²) in [5.41, 5.74) is 9.16. The van der Waals surface area contributed by atoms with Gasteiger partial charge in [-0.05, 0) is 12.5 Å². The molecule has 0 unspecified atom stereocenters. The van der Waals surface area contributed by atoms with E-state index in [9.17, 15) is 0 Å². The summed E-state index contributed by atoms with van der Waals surface area (Å²) in [5.74, 6) is 0.457. The maximum Gasteiger partial charge on any atom is 0.247 e. The van der Waals surface area contributed by atoms with Gasteiger partial charge in [-0.15, -0.1) is 0 Å². The maximum atomic E-state index is 5.65. The molecule has 0 amide bonds. The highest BCUT2D eigenvalue weighted by Gasteiger charge is 2.12. The number of nitrogen functional groups attached to an aromatic ring is 1. The Hall–Kier alpha value is -2.67. The zero-order chi connectivity index (χ0) is 15.5. The average molecular weight is 311 g/mol. The number of nitrogens with zero attached hydrogens (tertiary/aromatic N) is 4. The number of aromatic nitrogens is 4. The van der Waals surface area contributed by atoms with Crippen LogP contribution in [-0.2, 0) is 0 Å². The molecule has 0 aliphatic carbocycles. The molecule has 6 nitrogen and oxygen atoms in total. The van der Waals surface area contributed by atoms with Crippen molar-refractivity contribution in [2.45, 2.75) is 6.92 Å². The molecule has 3 aromatic rings. The van der Waals surface area contributed by atoms with Crippen molar-refractivity contribution in [2.75, 3.05) is 12.3 Å². The molecule has 0 aliphatic heterocycles. The largest absolute Gasteiger partial charge is 0.476 e. The Morgan fingerprint density at radius 1 is 1.18 bits per heavy atom. The third-order valence-corrected chi connectivity index (χ3v) is 3.29. The van der Waals surface area contributed by atoms with Gasteiger partial charge in [-0.1, -0.05) is 36.5 Å². The molecule has 3 rings (SSSR count). The van der Waals surface area contributed by atoms with Crippen LogP contribution in [-0.4, -0.2) is 31.9 Å². The molecule has 0 saturated carbocycles. The minimum atomic E-state index is 0.114. The monoisotopic (exact) mass is 311 g/mol. The van der Waals surface area contributed by atoms with E-state index in [2.05, 4.69) is 19.9 Å². The lowest BCUT2D eigenvalue weighted by atomic mass is 10.1. The second-order valence-electron chi connectivity index (χ2n) is 4.49. The lowest BCUT2D eigenvalue weighted by Crippen LogP contribution is -2.04. The van der Waals surface area contributed by atoms with Crippen molar-refractivity contribution in [3.63, 3.8) is 0 Å². The Kier molecular flexibility index (Phi) is 3.88. The van der Waals surface area contributed by atoms with Crippen LogP contribution < -0.4 is 10.5 Å². The van der Waals surface area contributed by atoms with Crippen LogP contribution in [0.2, 0.25) is 0 Å². The zero-order valence-corrected chi connectivity index (χ0v) is 12.7. The van der Waals surface area contributed by atoms with Gasteiger partial charge >= 0.3 is 0 Å². The first-order valence-electron chi connectivity index (χ1n) is 6.70. The number of fused-ring (bicyclic) bond motifs is 1. The Labute approximate surface area is 132 Å². The predicted octanol–water partition coefficient (Wildman–Crippen LogP) is 2.42. The molecule has 0 bridgehead atoms. The van der Waals surface area contributed by atoms with Crippen molar-refractivity contribution in [1.29, 1.82) is 0 Å². The van der Waals surface area contributed by atoms with Gasteiger partial charge in [0.15, 0.2) is 11.2 Å². The van der Waals surface area contributed by atoms with Gasteiger partial charge in [-0.2, -0.15) is 9.97 Å². The highest BCUT2D eigenvalue weighted by atomic mass is 32.1. The van der Waals surface area contributed by atoms with E-state index >= 15 is 0 Å². The first kappa shape index (κ1) is 14.3. The molecule has 2 N–H and O–H groups in total. The lowest BCUT2D eigenvalue weighted by Gasteiger charge is -2.07.